The lowest BCUT2D eigenvalue weighted by atomic mass is 10.1. The molecule has 0 aliphatic rings. The number of unbranched alkanes of at least 4 members (excludes halogenated alkanes) is 5. The Labute approximate surface area is 115 Å². The third-order valence-electron chi connectivity index (χ3n) is 3.20. The summed E-state index contributed by atoms with van der Waals surface area (Å²) in [5.41, 5.74) is 0. The molecule has 0 aliphatic heterocycles. The molecule has 0 aromatic rings. The summed E-state index contributed by atoms with van der Waals surface area (Å²) in [5, 5.41) is 3.43. The summed E-state index contributed by atoms with van der Waals surface area (Å²) >= 11 is 0. The molecule has 0 saturated carbocycles. The van der Waals surface area contributed by atoms with E-state index in [4.69, 9.17) is 4.74 Å². The Kier molecular flexibility index (Phi) is 14.9. The van der Waals surface area contributed by atoms with Crippen LogP contribution >= 0.6 is 0 Å². The molecule has 0 amide bonds. The molecule has 1 N–H and O–H groups in total. The van der Waals surface area contributed by atoms with Crippen LogP contribution in [0.15, 0.2) is 0 Å². The van der Waals surface area contributed by atoms with Crippen molar-refractivity contribution in [2.45, 2.75) is 72.1 Å². The predicted molar refractivity (Wildman–Crippen MR) is 81.1 cm³/mol. The lowest BCUT2D eigenvalue weighted by Gasteiger charge is -2.07. The minimum absolute atomic E-state index is 0.829. The van der Waals surface area contributed by atoms with Crippen molar-refractivity contribution in [3.8, 4) is 0 Å². The largest absolute Gasteiger partial charge is 0.380 e. The van der Waals surface area contributed by atoms with Crippen LogP contribution in [0.4, 0.5) is 0 Å². The van der Waals surface area contributed by atoms with Gasteiger partial charge in [0, 0.05) is 13.2 Å². The maximum atomic E-state index is 5.61. The van der Waals surface area contributed by atoms with E-state index in [2.05, 4.69) is 26.1 Å². The van der Waals surface area contributed by atoms with E-state index in [-0.39, 0.29) is 0 Å². The summed E-state index contributed by atoms with van der Waals surface area (Å²) in [5.74, 6) is 0.829. The Hall–Kier alpha value is -0.0800. The van der Waals surface area contributed by atoms with Crippen LogP contribution in [0, 0.1) is 5.92 Å². The zero-order chi connectivity index (χ0) is 13.5. The molecule has 110 valence electrons. The molecule has 0 bridgehead atoms. The van der Waals surface area contributed by atoms with E-state index in [1.165, 1.54) is 51.4 Å². The van der Waals surface area contributed by atoms with Gasteiger partial charge in [0.05, 0.1) is 6.61 Å². The maximum Gasteiger partial charge on any atom is 0.0590 e. The van der Waals surface area contributed by atoms with Gasteiger partial charge in [-0.3, -0.25) is 0 Å². The van der Waals surface area contributed by atoms with Gasteiger partial charge < -0.3 is 10.1 Å². The lowest BCUT2D eigenvalue weighted by molar-refractivity contribution is 0.131. The Bertz CT molecular complexity index is 148. The van der Waals surface area contributed by atoms with Crippen LogP contribution < -0.4 is 5.32 Å². The fourth-order valence-corrected chi connectivity index (χ4v) is 1.99. The quantitative estimate of drug-likeness (QED) is 0.466. The summed E-state index contributed by atoms with van der Waals surface area (Å²) in [6, 6.07) is 0. The average molecular weight is 257 g/mol. The van der Waals surface area contributed by atoms with Crippen LogP contribution in [0.25, 0.3) is 0 Å². The zero-order valence-corrected chi connectivity index (χ0v) is 13.0. The molecule has 0 atom stereocenters. The zero-order valence-electron chi connectivity index (χ0n) is 13.0. The molecule has 0 rings (SSSR count). The first-order chi connectivity index (χ1) is 8.77. The molecule has 2 heteroatoms. The van der Waals surface area contributed by atoms with Crippen molar-refractivity contribution in [3.05, 3.63) is 0 Å². The van der Waals surface area contributed by atoms with Gasteiger partial charge in [0.2, 0.25) is 0 Å². The van der Waals surface area contributed by atoms with Gasteiger partial charge in [0.25, 0.3) is 0 Å². The fourth-order valence-electron chi connectivity index (χ4n) is 1.99. The number of hydrogen-bond donors (Lipinski definition) is 1. The van der Waals surface area contributed by atoms with Gasteiger partial charge in [-0.25, -0.2) is 0 Å². The average Bonchev–Trinajstić information content (AvgIpc) is 2.34. The Morgan fingerprint density at radius 3 is 2.28 bits per heavy atom. The highest BCUT2D eigenvalue weighted by Gasteiger charge is 1.94. The van der Waals surface area contributed by atoms with E-state index in [0.717, 1.165) is 32.2 Å². The molecule has 0 fully saturated rings. The molecule has 2 nitrogen and oxygen atoms in total. The van der Waals surface area contributed by atoms with E-state index in [1.807, 2.05) is 0 Å². The van der Waals surface area contributed by atoms with Crippen molar-refractivity contribution in [1.29, 1.82) is 0 Å². The molecule has 0 spiro atoms. The summed E-state index contributed by atoms with van der Waals surface area (Å²) in [6.07, 6.45) is 10.7. The molecular weight excluding hydrogens is 222 g/mol. The van der Waals surface area contributed by atoms with Crippen molar-refractivity contribution >= 4 is 0 Å². The first-order valence-corrected chi connectivity index (χ1v) is 8.05. The van der Waals surface area contributed by atoms with Crippen LogP contribution in [0.3, 0.4) is 0 Å². The number of ether oxygens (including phenoxy) is 1. The summed E-state index contributed by atoms with van der Waals surface area (Å²) < 4.78 is 5.61. The molecule has 0 unspecified atom stereocenters. The highest BCUT2D eigenvalue weighted by atomic mass is 16.5. The van der Waals surface area contributed by atoms with E-state index < -0.39 is 0 Å². The molecule has 0 aromatic heterocycles. The predicted octanol–water partition coefficient (Wildman–Crippen LogP) is 4.39. The van der Waals surface area contributed by atoms with Gasteiger partial charge >= 0.3 is 0 Å². The van der Waals surface area contributed by atoms with Crippen molar-refractivity contribution in [2.75, 3.05) is 26.3 Å². The van der Waals surface area contributed by atoms with Gasteiger partial charge in [0.15, 0.2) is 0 Å². The Morgan fingerprint density at radius 1 is 0.833 bits per heavy atom. The molecule has 0 aromatic carbocycles. The van der Waals surface area contributed by atoms with Gasteiger partial charge in [-0.2, -0.15) is 0 Å². The minimum Gasteiger partial charge on any atom is -0.380 e. The van der Waals surface area contributed by atoms with Crippen molar-refractivity contribution in [3.63, 3.8) is 0 Å². The van der Waals surface area contributed by atoms with Gasteiger partial charge in [0.1, 0.15) is 0 Å². The topological polar surface area (TPSA) is 21.3 Å². The smallest absolute Gasteiger partial charge is 0.0590 e. The van der Waals surface area contributed by atoms with E-state index in [9.17, 15) is 0 Å². The molecule has 0 aliphatic carbocycles. The SMILES string of the molecule is CCCCCCCCOCCNCCCC(C)C. The number of nitrogens with one attached hydrogen (secondary N) is 1. The van der Waals surface area contributed by atoms with Gasteiger partial charge in [-0.1, -0.05) is 52.9 Å². The third kappa shape index (κ3) is 15.9. The second-order valence-corrected chi connectivity index (χ2v) is 5.67. The van der Waals surface area contributed by atoms with E-state index in [1.54, 1.807) is 0 Å². The minimum atomic E-state index is 0.829. The van der Waals surface area contributed by atoms with Gasteiger partial charge in [-0.05, 0) is 31.7 Å². The fraction of sp³-hybridized carbons (Fsp3) is 1.00. The van der Waals surface area contributed by atoms with Crippen LogP contribution in [-0.4, -0.2) is 26.3 Å². The summed E-state index contributed by atoms with van der Waals surface area (Å²) in [4.78, 5) is 0. The number of hydrogen-bond acceptors (Lipinski definition) is 2. The second kappa shape index (κ2) is 15.0. The Morgan fingerprint density at radius 2 is 1.56 bits per heavy atom. The van der Waals surface area contributed by atoms with Crippen LogP contribution in [-0.2, 0) is 4.74 Å². The van der Waals surface area contributed by atoms with Crippen LogP contribution in [0.2, 0.25) is 0 Å². The molecule has 18 heavy (non-hydrogen) atoms. The van der Waals surface area contributed by atoms with Crippen molar-refractivity contribution in [2.24, 2.45) is 5.92 Å². The van der Waals surface area contributed by atoms with E-state index >= 15 is 0 Å². The summed E-state index contributed by atoms with van der Waals surface area (Å²) in [7, 11) is 0. The molecule has 0 radical (unpaired) electrons. The van der Waals surface area contributed by atoms with Gasteiger partial charge in [-0.15, -0.1) is 0 Å². The standard InChI is InChI=1S/C16H35NO/c1-4-5-6-7-8-9-14-18-15-13-17-12-10-11-16(2)3/h16-17H,4-15H2,1-3H3. The number of rotatable bonds is 14. The highest BCUT2D eigenvalue weighted by molar-refractivity contribution is 4.50. The van der Waals surface area contributed by atoms with Crippen molar-refractivity contribution < 1.29 is 4.74 Å². The Balaban J connectivity index is 2.90. The highest BCUT2D eigenvalue weighted by Crippen LogP contribution is 2.04. The van der Waals surface area contributed by atoms with Crippen LogP contribution in [0.1, 0.15) is 72.1 Å². The van der Waals surface area contributed by atoms with Crippen molar-refractivity contribution in [1.82, 2.24) is 5.32 Å². The molecular formula is C16H35NO. The monoisotopic (exact) mass is 257 g/mol. The molecule has 0 saturated heterocycles. The van der Waals surface area contributed by atoms with Crippen LogP contribution in [0.5, 0.6) is 0 Å². The molecule has 0 heterocycles. The lowest BCUT2D eigenvalue weighted by Crippen LogP contribution is -2.21. The normalized spacial score (nSPS) is 11.3. The van der Waals surface area contributed by atoms with E-state index in [0.29, 0.717) is 0 Å². The third-order valence-corrected chi connectivity index (χ3v) is 3.20. The maximum absolute atomic E-state index is 5.61. The first kappa shape index (κ1) is 17.9. The second-order valence-electron chi connectivity index (χ2n) is 5.67. The first-order valence-electron chi connectivity index (χ1n) is 8.05. The summed E-state index contributed by atoms with van der Waals surface area (Å²) in [6.45, 7) is 10.8.